The minimum atomic E-state index is -1.51. The number of carbonyl (C=O) groups is 6. The van der Waals surface area contributed by atoms with Crippen LogP contribution in [0, 0.1) is 94.7 Å². The van der Waals surface area contributed by atoms with E-state index < -0.39 is 105 Å². The lowest BCUT2D eigenvalue weighted by atomic mass is 9.78. The summed E-state index contributed by atoms with van der Waals surface area (Å²) in [5.74, 6) is 1.41. The summed E-state index contributed by atoms with van der Waals surface area (Å²) in [5, 5.41) is 83.4. The highest BCUT2D eigenvalue weighted by atomic mass is 35.6. The summed E-state index contributed by atoms with van der Waals surface area (Å²) in [6.45, 7) is 54.3. The fourth-order valence-corrected chi connectivity index (χ4v) is 21.8. The maximum Gasteiger partial charge on any atom is 0.373 e. The van der Waals surface area contributed by atoms with Crippen molar-refractivity contribution in [3.05, 3.63) is 215 Å². The smallest absolute Gasteiger partial charge is 0.373 e. The predicted octanol–water partition coefficient (Wildman–Crippen LogP) is 18.1. The molecule has 0 bridgehead atoms. The van der Waals surface area contributed by atoms with Gasteiger partial charge in [-0.1, -0.05) is 295 Å². The lowest BCUT2D eigenvalue weighted by molar-refractivity contribution is -0.271. The van der Waals surface area contributed by atoms with Gasteiger partial charge in [0.25, 0.3) is 5.24 Å². The third-order valence-corrected chi connectivity index (χ3v) is 39.0. The minimum Gasteiger partial charge on any atom is -0.432 e. The number of carbonyl (C=O) groups excluding carboxylic acids is 12. The second kappa shape index (κ2) is 71.6. The van der Waals surface area contributed by atoms with Crippen molar-refractivity contribution in [3.63, 3.8) is 0 Å². The summed E-state index contributed by atoms with van der Waals surface area (Å²) in [5.41, 5.74) is 5.30. The van der Waals surface area contributed by atoms with Gasteiger partial charge in [-0.15, -0.1) is 0 Å². The standard InChI is InChI=1S/C17H24O3.C16H22O4.C16H22O3.C15H20O4.C15H20O3.C9H21ClSi.C8H16O4.C7H5ClO.C7H14O5.3CO2.CH4/c1-5-15-12(3)11(2)13(4)17(19-15)20-16(18)14-9-7-6-8-10-14;1-10-11(2)14(9-17)19-16(12(10)3)20-15(18)13-7-5-4-6-8-13;1-10-11(2)13(4)18-16(12(10)3)19-15(17)14-8-6-5-7-9-14;1-9-11(3)18-15(10(2)13(9)16)19-14(17)12-7-5-4-6-8-12;1-10-9-17-15(12(3)11(10)2)18-14(16)13-7-5-4-6-8-13;1-7(2)11(10,8(3)4)9(5)6;1-3-5-6(9)4(2)7(10)8(11)12-5;8-7(9)6-4-2-1-3-5-6;1-3-5(9)4(2-8)12-7(11)6(3)10;3*2-1-3;/h6-13,15,17H,5H2,1-4H3;4-8,10-12,14,16-17H,9H2,1-3H3;5-13,16H,1-4H3;4-11,13,15-16H,1-3H3;4-8,10-12,15H,9H2,1-3H3;7-9H,1-6H3;4-11H,3H2,1-2H3;1-5H;3-11H,2H2,1H3;;;;1H4/t11-,12-,13?,15?,17?;10-,11-,12?,14?,16?;10-,11-,12?,13?,16-;9-,10?,11?,13+,15+;10-,11+,12?,15?;;4-,5?,6-,7?,8?;;3-,4?,5-,6?,7?;;;;/m00011.0.0..../s1. The Labute approximate surface area is 896 Å². The van der Waals surface area contributed by atoms with Crippen LogP contribution in [0.15, 0.2) is 182 Å². The molecule has 0 saturated carbocycles. The van der Waals surface area contributed by atoms with Crippen LogP contribution in [0.4, 0.5) is 0 Å². The molecule has 840 valence electrons. The van der Waals surface area contributed by atoms with Crippen LogP contribution in [0.1, 0.15) is 262 Å². The van der Waals surface area contributed by atoms with Crippen LogP contribution in [0.25, 0.3) is 0 Å². The number of aliphatic hydroxyl groups is 9. The Balaban J connectivity index is 0.000000842. The Hall–Kier alpha value is -9.36. The molecule has 7 aliphatic heterocycles. The average Bonchev–Trinajstić information content (AvgIpc) is 0.765. The molecule has 0 radical (unpaired) electrons. The molecule has 6 aromatic carbocycles. The zero-order valence-electron chi connectivity index (χ0n) is 90.8. The molecular formula is C114H168Cl2O33Si. The zero-order chi connectivity index (χ0) is 113. The van der Waals surface area contributed by atoms with E-state index in [0.29, 0.717) is 104 Å². The molecular weight excluding hydrogens is 2000 g/mol. The number of hydrogen-bond acceptors (Lipinski definition) is 33. The number of hydrogen-bond donors (Lipinski definition) is 9. The van der Waals surface area contributed by atoms with Gasteiger partial charge in [-0.25, -0.2) is 24.0 Å². The van der Waals surface area contributed by atoms with Gasteiger partial charge in [0.2, 0.25) is 31.5 Å². The highest BCUT2D eigenvalue weighted by Gasteiger charge is 2.48. The summed E-state index contributed by atoms with van der Waals surface area (Å²) in [6, 6.07) is 53.5. The van der Waals surface area contributed by atoms with Crippen molar-refractivity contribution < 1.29 is 160 Å². The number of rotatable bonds is 18. The Morgan fingerprint density at radius 3 is 0.833 bits per heavy atom. The van der Waals surface area contributed by atoms with Gasteiger partial charge in [0.15, 0.2) is 20.0 Å². The van der Waals surface area contributed by atoms with E-state index in [2.05, 4.69) is 125 Å². The highest BCUT2D eigenvalue weighted by molar-refractivity contribution is 7.22. The molecule has 13 rings (SSSR count). The molecule has 36 heteroatoms. The first-order valence-electron chi connectivity index (χ1n) is 51.0. The van der Waals surface area contributed by atoms with Crippen molar-refractivity contribution in [1.82, 2.24) is 0 Å². The monoisotopic (exact) mass is 2160 g/mol. The molecule has 0 aliphatic carbocycles. The summed E-state index contributed by atoms with van der Waals surface area (Å²) in [6.07, 6.45) is -8.33. The second-order valence-corrected chi connectivity index (χ2v) is 47.3. The van der Waals surface area contributed by atoms with Gasteiger partial charge in [-0.05, 0) is 163 Å². The van der Waals surface area contributed by atoms with Crippen LogP contribution < -0.4 is 0 Å². The molecule has 33 nitrogen and oxygen atoms in total. The van der Waals surface area contributed by atoms with E-state index in [0.717, 1.165) is 6.42 Å². The largest absolute Gasteiger partial charge is 0.432 e. The number of esters is 5. The van der Waals surface area contributed by atoms with E-state index in [1.54, 1.807) is 123 Å². The predicted molar refractivity (Wildman–Crippen MR) is 563 cm³/mol. The van der Waals surface area contributed by atoms with Crippen molar-refractivity contribution >= 4 is 83.6 Å². The zero-order valence-corrected chi connectivity index (χ0v) is 93.3. The van der Waals surface area contributed by atoms with Crippen molar-refractivity contribution in [2.45, 2.75) is 328 Å². The Kier molecular flexibility index (Phi) is 66.2. The lowest BCUT2D eigenvalue weighted by Crippen LogP contribution is -2.54. The summed E-state index contributed by atoms with van der Waals surface area (Å²) >= 11 is 11.8. The van der Waals surface area contributed by atoms with E-state index in [9.17, 15) is 64.5 Å². The average molecular weight is 2170 g/mol. The first-order valence-corrected chi connectivity index (χ1v) is 54.6. The first kappa shape index (κ1) is 139. The molecule has 6 aromatic rings. The topological polar surface area (TPSA) is 498 Å². The molecule has 34 atom stereocenters. The van der Waals surface area contributed by atoms with E-state index in [4.69, 9.17) is 119 Å². The van der Waals surface area contributed by atoms with Gasteiger partial charge in [-0.2, -0.15) is 39.8 Å². The Bertz CT molecular complexity index is 4580. The van der Waals surface area contributed by atoms with Crippen molar-refractivity contribution in [1.29, 1.82) is 0 Å². The fourth-order valence-electron chi connectivity index (χ4n) is 17.7. The van der Waals surface area contributed by atoms with Crippen molar-refractivity contribution in [2.75, 3.05) is 19.8 Å². The van der Waals surface area contributed by atoms with E-state index >= 15 is 0 Å². The third-order valence-electron chi connectivity index (χ3n) is 29.5. The molecule has 18 unspecified atom stereocenters. The summed E-state index contributed by atoms with van der Waals surface area (Å²) in [7, 11) is -1.51. The second-order valence-electron chi connectivity index (χ2n) is 39.9. The number of ether oxygens (including phenoxy) is 12. The van der Waals surface area contributed by atoms with Crippen LogP contribution in [0.2, 0.25) is 16.6 Å². The molecule has 150 heavy (non-hydrogen) atoms. The molecule has 7 fully saturated rings. The van der Waals surface area contributed by atoms with Gasteiger partial charge in [-0.3, -0.25) is 4.79 Å². The van der Waals surface area contributed by atoms with Crippen LogP contribution in [-0.4, -0.2) is 238 Å². The molecule has 0 amide bonds. The van der Waals surface area contributed by atoms with Crippen LogP contribution >= 0.6 is 22.7 Å². The normalized spacial score (nSPS) is 31.2. The van der Waals surface area contributed by atoms with Crippen LogP contribution in [0.3, 0.4) is 0 Å². The van der Waals surface area contributed by atoms with Gasteiger partial charge < -0.3 is 103 Å². The van der Waals surface area contributed by atoms with Crippen molar-refractivity contribution in [3.8, 4) is 0 Å². The van der Waals surface area contributed by atoms with Gasteiger partial charge in [0, 0.05) is 52.9 Å². The van der Waals surface area contributed by atoms with Crippen LogP contribution in [-0.2, 0) is 85.6 Å². The molecule has 0 aromatic heterocycles. The van der Waals surface area contributed by atoms with Gasteiger partial charge >= 0.3 is 48.3 Å². The fraction of sp³-hybridized carbons (Fsp3) is 0.605. The lowest BCUT2D eigenvalue weighted by Gasteiger charge is -2.42. The molecule has 0 spiro atoms. The molecule has 7 heterocycles. The Morgan fingerprint density at radius 1 is 0.307 bits per heavy atom. The number of halogens is 2. The van der Waals surface area contributed by atoms with Crippen LogP contribution in [0.5, 0.6) is 0 Å². The first-order chi connectivity index (χ1) is 70.2. The van der Waals surface area contributed by atoms with E-state index in [1.165, 1.54) is 0 Å². The maximum atomic E-state index is 12.1. The Morgan fingerprint density at radius 2 is 0.553 bits per heavy atom. The summed E-state index contributed by atoms with van der Waals surface area (Å²) in [4.78, 5) is 119. The number of benzene rings is 6. The number of aliphatic hydroxyl groups excluding tert-OH is 9. The molecule has 7 aliphatic rings. The molecule has 7 saturated heterocycles. The minimum absolute atomic E-state index is 0. The SMILES string of the molecule is C.CC(C)[Si](Cl)(C(C)C)C(C)C.CC1C(OC(=O)c2ccccc2)OC(CO)[C@@H](C)[C@@H]1C.CC1C(OC(=O)c2ccccc2)OC[C@@H](C)[C@@H]1C.CC1O[C@@H](OC(=O)c2ccccc2)C(C)[C@@H](C)[C@@H]1C.CC1O[C@@H](OC(=O)c2ccccc2)C(C)[C@@H](O)[C@@H]1C.CCC1OC(O)C(O)[C@@H](C)[C@@H]1O.CCC1OC(OC(=O)c2ccccc2)C(C)[C@@H](C)[C@@H]1C.C[C@@H]1C(O)C(O)OC(CO)[C@H]1O.O=C(Cl)c1ccccc1.O=C=O.O=C=O.O=C=O. The third kappa shape index (κ3) is 43.5. The van der Waals surface area contributed by atoms with E-state index in [1.807, 2.05) is 114 Å². The van der Waals surface area contributed by atoms with Gasteiger partial charge in [0.05, 0.1) is 96.5 Å². The highest BCUT2D eigenvalue weighted by Crippen LogP contribution is 2.45. The van der Waals surface area contributed by atoms with Gasteiger partial charge in [0.1, 0.15) is 18.3 Å². The molecule has 9 N–H and O–H groups in total. The van der Waals surface area contributed by atoms with Crippen molar-refractivity contribution in [2.24, 2.45) is 94.7 Å². The quantitative estimate of drug-likeness (QED) is 0.0127. The van der Waals surface area contributed by atoms with E-state index in [-0.39, 0.29) is 141 Å². The maximum absolute atomic E-state index is 12.1. The summed E-state index contributed by atoms with van der Waals surface area (Å²) < 4.78 is 65.9.